The number of nitrogens with zero attached hydrogens (tertiary/aromatic N) is 2. The van der Waals surface area contributed by atoms with Crippen LogP contribution in [0.1, 0.15) is 24.0 Å². The van der Waals surface area contributed by atoms with Crippen molar-refractivity contribution in [3.05, 3.63) is 5.89 Å². The summed E-state index contributed by atoms with van der Waals surface area (Å²) in [6.07, 6.45) is 0.560. The smallest absolute Gasteiger partial charge is 0.396 e. The number of aromatic nitrogens is 2. The summed E-state index contributed by atoms with van der Waals surface area (Å²) in [4.78, 5) is 11.3. The van der Waals surface area contributed by atoms with Crippen LogP contribution in [0.25, 0.3) is 0 Å². The monoisotopic (exact) mass is 292 g/mol. The van der Waals surface area contributed by atoms with Gasteiger partial charge in [-0.1, -0.05) is 16.9 Å². The first-order chi connectivity index (χ1) is 8.50. The summed E-state index contributed by atoms with van der Waals surface area (Å²) >= 11 is 1.18. The Morgan fingerprint density at radius 2 is 2.33 bits per heavy atom. The molecule has 1 fully saturated rings. The van der Waals surface area contributed by atoms with E-state index in [-0.39, 0.29) is 34.5 Å². The lowest BCUT2D eigenvalue weighted by molar-refractivity contribution is 0.0475. The van der Waals surface area contributed by atoms with E-state index in [2.05, 4.69) is 10.2 Å². The van der Waals surface area contributed by atoms with Gasteiger partial charge in [-0.2, -0.15) is 0 Å². The van der Waals surface area contributed by atoms with Crippen LogP contribution >= 0.6 is 11.8 Å². The molecule has 1 aromatic rings. The second-order valence-corrected chi connectivity index (χ2v) is 7.22. The summed E-state index contributed by atoms with van der Waals surface area (Å²) in [7, 11) is -2.94. The molecule has 7 nitrogen and oxygen atoms in total. The molecule has 0 radical (unpaired) electrons. The highest BCUT2D eigenvalue weighted by Crippen LogP contribution is 2.29. The van der Waals surface area contributed by atoms with Crippen LogP contribution < -0.4 is 0 Å². The Labute approximate surface area is 108 Å². The van der Waals surface area contributed by atoms with Crippen molar-refractivity contribution in [3.63, 3.8) is 0 Å². The molecule has 0 spiro atoms. The molecule has 0 aromatic carbocycles. The van der Waals surface area contributed by atoms with Gasteiger partial charge in [0, 0.05) is 5.25 Å². The summed E-state index contributed by atoms with van der Waals surface area (Å²) in [5.41, 5.74) is 0. The number of carbonyl (C=O) groups is 1. The second-order valence-electron chi connectivity index (χ2n) is 3.74. The number of carbonyl (C=O) groups excluding carboxylic acids is 1. The molecule has 100 valence electrons. The van der Waals surface area contributed by atoms with Crippen molar-refractivity contribution in [2.75, 3.05) is 18.1 Å². The molecule has 0 aliphatic carbocycles. The summed E-state index contributed by atoms with van der Waals surface area (Å²) in [6, 6.07) is 0. The fourth-order valence-corrected chi connectivity index (χ4v) is 4.85. The molecular formula is C9H12N2O5S2. The highest BCUT2D eigenvalue weighted by molar-refractivity contribution is 8.01. The lowest BCUT2D eigenvalue weighted by Crippen LogP contribution is -2.06. The Hall–Kier alpha value is -1.09. The van der Waals surface area contributed by atoms with E-state index in [1.165, 1.54) is 11.8 Å². The molecule has 1 aliphatic rings. The van der Waals surface area contributed by atoms with Crippen molar-refractivity contribution in [3.8, 4) is 0 Å². The van der Waals surface area contributed by atoms with Crippen LogP contribution in [0.15, 0.2) is 9.64 Å². The average Bonchev–Trinajstić information content (AvgIpc) is 2.86. The summed E-state index contributed by atoms with van der Waals surface area (Å²) in [6.45, 7) is 1.90. The molecule has 9 heteroatoms. The number of hydrogen-bond donors (Lipinski definition) is 0. The van der Waals surface area contributed by atoms with Gasteiger partial charge in [-0.05, 0) is 13.3 Å². The van der Waals surface area contributed by atoms with E-state index in [0.29, 0.717) is 6.42 Å². The zero-order chi connectivity index (χ0) is 13.2. The summed E-state index contributed by atoms with van der Waals surface area (Å²) < 4.78 is 32.4. The first-order valence-corrected chi connectivity index (χ1v) is 8.08. The van der Waals surface area contributed by atoms with Gasteiger partial charge in [-0.15, -0.1) is 5.10 Å². The molecule has 1 aliphatic heterocycles. The van der Waals surface area contributed by atoms with Gasteiger partial charge in [0.25, 0.3) is 5.22 Å². The van der Waals surface area contributed by atoms with Gasteiger partial charge < -0.3 is 9.15 Å². The van der Waals surface area contributed by atoms with Crippen LogP contribution in [-0.2, 0) is 14.6 Å². The van der Waals surface area contributed by atoms with Gasteiger partial charge in [0.15, 0.2) is 9.84 Å². The predicted molar refractivity (Wildman–Crippen MR) is 63.2 cm³/mol. The van der Waals surface area contributed by atoms with Crippen molar-refractivity contribution in [2.24, 2.45) is 0 Å². The van der Waals surface area contributed by atoms with E-state index in [9.17, 15) is 13.2 Å². The molecule has 18 heavy (non-hydrogen) atoms. The van der Waals surface area contributed by atoms with Crippen LogP contribution in [-0.4, -0.2) is 47.9 Å². The minimum absolute atomic E-state index is 0.0921. The molecule has 0 N–H and O–H groups in total. The molecule has 2 rings (SSSR count). The highest BCUT2D eigenvalue weighted by Gasteiger charge is 2.30. The minimum atomic E-state index is -2.94. The summed E-state index contributed by atoms with van der Waals surface area (Å²) in [5.74, 6) is -0.589. The third-order valence-corrected chi connectivity index (χ3v) is 5.40. The zero-order valence-electron chi connectivity index (χ0n) is 9.66. The van der Waals surface area contributed by atoms with Gasteiger partial charge in [-0.3, -0.25) is 0 Å². The Balaban J connectivity index is 1.97. The van der Waals surface area contributed by atoms with Gasteiger partial charge in [-0.25, -0.2) is 13.2 Å². The van der Waals surface area contributed by atoms with Gasteiger partial charge in [0.1, 0.15) is 0 Å². The number of sulfone groups is 1. The van der Waals surface area contributed by atoms with Crippen LogP contribution in [0.4, 0.5) is 0 Å². The maximum Gasteiger partial charge on any atom is 0.396 e. The normalized spacial score (nSPS) is 21.9. The molecule has 1 aromatic heterocycles. The molecule has 0 saturated carbocycles. The third kappa shape index (κ3) is 3.22. The molecule has 1 atom stereocenters. The Kier molecular flexibility index (Phi) is 3.91. The fraction of sp³-hybridized carbons (Fsp3) is 0.667. The van der Waals surface area contributed by atoms with Crippen molar-refractivity contribution in [1.82, 2.24) is 10.2 Å². The number of rotatable bonds is 4. The highest BCUT2D eigenvalue weighted by atomic mass is 32.2. The first-order valence-electron chi connectivity index (χ1n) is 5.38. The van der Waals surface area contributed by atoms with Crippen molar-refractivity contribution in [1.29, 1.82) is 0 Å². The van der Waals surface area contributed by atoms with Crippen molar-refractivity contribution >= 4 is 27.6 Å². The predicted octanol–water partition coefficient (Wildman–Crippen LogP) is 0.526. The molecule has 1 unspecified atom stereocenters. The standard InChI is InChI=1S/C9H12N2O5S2/c1-2-15-8(12)7-10-11-9(16-7)17-6-3-4-18(13,14)5-6/h6H,2-5H2,1H3. The number of esters is 1. The molecular weight excluding hydrogens is 280 g/mol. The van der Waals surface area contributed by atoms with E-state index in [1.54, 1.807) is 6.92 Å². The SMILES string of the molecule is CCOC(=O)c1nnc(SC2CCS(=O)(=O)C2)o1. The Morgan fingerprint density at radius 3 is 2.94 bits per heavy atom. The quantitative estimate of drug-likeness (QED) is 0.741. The van der Waals surface area contributed by atoms with Crippen molar-refractivity contribution in [2.45, 2.75) is 23.8 Å². The van der Waals surface area contributed by atoms with Crippen molar-refractivity contribution < 1.29 is 22.4 Å². The third-order valence-electron chi connectivity index (χ3n) is 2.31. The minimum Gasteiger partial charge on any atom is -0.459 e. The fourth-order valence-electron chi connectivity index (χ4n) is 1.53. The van der Waals surface area contributed by atoms with E-state index in [1.807, 2.05) is 0 Å². The van der Waals surface area contributed by atoms with E-state index in [4.69, 9.17) is 9.15 Å². The lowest BCUT2D eigenvalue weighted by atomic mass is 10.4. The zero-order valence-corrected chi connectivity index (χ0v) is 11.3. The average molecular weight is 292 g/mol. The molecule has 0 amide bonds. The Morgan fingerprint density at radius 1 is 1.56 bits per heavy atom. The largest absolute Gasteiger partial charge is 0.459 e. The molecule has 1 saturated heterocycles. The van der Waals surface area contributed by atoms with E-state index in [0.717, 1.165) is 0 Å². The maximum atomic E-state index is 11.3. The number of thioether (sulfide) groups is 1. The summed E-state index contributed by atoms with van der Waals surface area (Å²) in [5, 5.41) is 7.34. The topological polar surface area (TPSA) is 99.4 Å². The van der Waals surface area contributed by atoms with Gasteiger partial charge in [0.2, 0.25) is 0 Å². The molecule has 2 heterocycles. The number of hydrogen-bond acceptors (Lipinski definition) is 8. The van der Waals surface area contributed by atoms with Gasteiger partial charge in [0.05, 0.1) is 18.1 Å². The van der Waals surface area contributed by atoms with Crippen LogP contribution in [0.5, 0.6) is 0 Å². The first kappa shape index (κ1) is 13.3. The molecule has 0 bridgehead atoms. The lowest BCUT2D eigenvalue weighted by Gasteiger charge is -2.01. The van der Waals surface area contributed by atoms with Crippen LogP contribution in [0.2, 0.25) is 0 Å². The van der Waals surface area contributed by atoms with Gasteiger partial charge >= 0.3 is 11.9 Å². The van der Waals surface area contributed by atoms with Crippen LogP contribution in [0.3, 0.4) is 0 Å². The van der Waals surface area contributed by atoms with E-state index >= 15 is 0 Å². The van der Waals surface area contributed by atoms with E-state index < -0.39 is 15.8 Å². The Bertz CT molecular complexity index is 539. The maximum absolute atomic E-state index is 11.3. The van der Waals surface area contributed by atoms with Crippen LogP contribution in [0, 0.1) is 0 Å². The number of ether oxygens (including phenoxy) is 1. The second kappa shape index (κ2) is 5.27.